The summed E-state index contributed by atoms with van der Waals surface area (Å²) in [7, 11) is 0. The molecule has 4 heteroatoms. The minimum absolute atomic E-state index is 0.0249. The molecule has 2 unspecified atom stereocenters. The van der Waals surface area contributed by atoms with Crippen molar-refractivity contribution in [2.75, 3.05) is 6.54 Å². The molecule has 2 atom stereocenters. The van der Waals surface area contributed by atoms with Crippen LogP contribution in [-0.2, 0) is 9.59 Å². The summed E-state index contributed by atoms with van der Waals surface area (Å²) < 4.78 is 0. The van der Waals surface area contributed by atoms with Crippen molar-refractivity contribution < 1.29 is 9.59 Å². The van der Waals surface area contributed by atoms with Gasteiger partial charge in [-0.3, -0.25) is 9.59 Å². The monoisotopic (exact) mass is 236 g/mol. The first-order valence-electron chi connectivity index (χ1n) is 6.12. The van der Waals surface area contributed by atoms with E-state index in [1.54, 1.807) is 18.7 Å². The number of hydrogen-bond donors (Lipinski definition) is 1. The van der Waals surface area contributed by atoms with E-state index in [1.807, 2.05) is 6.92 Å². The highest BCUT2D eigenvalue weighted by Crippen LogP contribution is 2.13. The number of nitrogens with zero attached hydrogens (tertiary/aromatic N) is 1. The van der Waals surface area contributed by atoms with Crippen LogP contribution in [0.4, 0.5) is 0 Å². The molecule has 1 heterocycles. The second-order valence-electron chi connectivity index (χ2n) is 4.23. The van der Waals surface area contributed by atoms with Crippen molar-refractivity contribution in [2.45, 2.75) is 52.1 Å². The van der Waals surface area contributed by atoms with Gasteiger partial charge in [-0.25, -0.2) is 0 Å². The molecule has 0 saturated carbocycles. The number of piperazine rings is 1. The summed E-state index contributed by atoms with van der Waals surface area (Å²) in [5.41, 5.74) is 0. The van der Waals surface area contributed by atoms with Crippen LogP contribution in [0.15, 0.2) is 0 Å². The smallest absolute Gasteiger partial charge is 0.245 e. The highest BCUT2D eigenvalue weighted by molar-refractivity contribution is 5.96. The highest BCUT2D eigenvalue weighted by atomic mass is 16.2. The topological polar surface area (TPSA) is 49.4 Å². The predicted molar refractivity (Wildman–Crippen MR) is 66.1 cm³/mol. The maximum absolute atomic E-state index is 12.1. The van der Waals surface area contributed by atoms with E-state index in [9.17, 15) is 9.59 Å². The molecule has 1 rings (SSSR count). The third kappa shape index (κ3) is 3.23. The van der Waals surface area contributed by atoms with Crippen LogP contribution in [0.25, 0.3) is 0 Å². The van der Waals surface area contributed by atoms with Crippen molar-refractivity contribution >= 4 is 11.8 Å². The average Bonchev–Trinajstić information content (AvgIpc) is 2.31. The fourth-order valence-electron chi connectivity index (χ4n) is 1.98. The van der Waals surface area contributed by atoms with E-state index in [1.165, 1.54) is 0 Å². The molecule has 2 amide bonds. The van der Waals surface area contributed by atoms with E-state index in [-0.39, 0.29) is 23.9 Å². The Morgan fingerprint density at radius 1 is 1.41 bits per heavy atom. The third-order valence-corrected chi connectivity index (χ3v) is 2.98. The number of carbonyl (C=O) groups is 2. The molecule has 94 valence electrons. The second-order valence-corrected chi connectivity index (χ2v) is 4.23. The second kappa shape index (κ2) is 6.29. The number of carbonyl (C=O) groups excluding carboxylic acids is 2. The van der Waals surface area contributed by atoms with Gasteiger partial charge in [0.15, 0.2) is 0 Å². The summed E-state index contributed by atoms with van der Waals surface area (Å²) in [5, 5.41) is 2.77. The molecule has 1 aliphatic heterocycles. The van der Waals surface area contributed by atoms with E-state index >= 15 is 0 Å². The molecule has 0 aliphatic carbocycles. The summed E-state index contributed by atoms with van der Waals surface area (Å²) in [6, 6.07) is -0.729. The summed E-state index contributed by atoms with van der Waals surface area (Å²) in [6.07, 6.45) is 2.21. The summed E-state index contributed by atoms with van der Waals surface area (Å²) >= 11 is 0. The van der Waals surface area contributed by atoms with Gasteiger partial charge in [-0.2, -0.15) is 0 Å². The van der Waals surface area contributed by atoms with Gasteiger partial charge < -0.3 is 10.2 Å². The van der Waals surface area contributed by atoms with Crippen LogP contribution in [0, 0.1) is 11.8 Å². The van der Waals surface area contributed by atoms with Gasteiger partial charge in [-0.15, -0.1) is 11.8 Å². The van der Waals surface area contributed by atoms with E-state index in [0.717, 1.165) is 6.42 Å². The number of nitrogens with one attached hydrogen (secondary N) is 1. The van der Waals surface area contributed by atoms with Crippen LogP contribution in [0.5, 0.6) is 0 Å². The molecule has 0 bridgehead atoms. The molecule has 0 aromatic carbocycles. The fourth-order valence-corrected chi connectivity index (χ4v) is 1.98. The lowest BCUT2D eigenvalue weighted by atomic mass is 10.0. The van der Waals surface area contributed by atoms with Gasteiger partial charge in [-0.05, 0) is 20.3 Å². The first-order valence-corrected chi connectivity index (χ1v) is 6.12. The Balaban J connectivity index is 2.71. The van der Waals surface area contributed by atoms with Gasteiger partial charge in [0.1, 0.15) is 12.1 Å². The van der Waals surface area contributed by atoms with Crippen molar-refractivity contribution in [1.29, 1.82) is 0 Å². The maximum Gasteiger partial charge on any atom is 0.245 e. The van der Waals surface area contributed by atoms with Gasteiger partial charge in [0, 0.05) is 13.0 Å². The van der Waals surface area contributed by atoms with Crippen molar-refractivity contribution in [2.24, 2.45) is 0 Å². The quantitative estimate of drug-likeness (QED) is 0.738. The molecular formula is C13H20N2O2. The normalized spacial score (nSPS) is 24.1. The van der Waals surface area contributed by atoms with Gasteiger partial charge in [0.05, 0.1) is 0 Å². The Morgan fingerprint density at radius 2 is 2.12 bits per heavy atom. The van der Waals surface area contributed by atoms with Gasteiger partial charge in [0.2, 0.25) is 11.8 Å². The molecule has 17 heavy (non-hydrogen) atoms. The Morgan fingerprint density at radius 3 is 2.71 bits per heavy atom. The number of amides is 2. The maximum atomic E-state index is 12.1. The minimum Gasteiger partial charge on any atom is -0.343 e. The molecule has 1 N–H and O–H groups in total. The minimum atomic E-state index is -0.380. The Hall–Kier alpha value is -1.50. The van der Waals surface area contributed by atoms with Crippen molar-refractivity contribution in [1.82, 2.24) is 10.2 Å². The van der Waals surface area contributed by atoms with E-state index in [4.69, 9.17) is 0 Å². The Kier molecular flexibility index (Phi) is 5.02. The first kappa shape index (κ1) is 13.6. The van der Waals surface area contributed by atoms with E-state index in [0.29, 0.717) is 19.4 Å². The lowest BCUT2D eigenvalue weighted by Gasteiger charge is -2.37. The molecule has 1 saturated heterocycles. The van der Waals surface area contributed by atoms with Crippen LogP contribution in [-0.4, -0.2) is 35.3 Å². The molecule has 0 aromatic rings. The van der Waals surface area contributed by atoms with E-state index in [2.05, 4.69) is 17.2 Å². The van der Waals surface area contributed by atoms with Crippen LogP contribution in [0.2, 0.25) is 0 Å². The number of hydrogen-bond acceptors (Lipinski definition) is 2. The SMILES string of the molecule is CC#CCCN1C(=O)C(CCC)NC(=O)C1C. The predicted octanol–water partition coefficient (Wildman–Crippen LogP) is 0.915. The number of rotatable bonds is 4. The lowest BCUT2D eigenvalue weighted by molar-refractivity contribution is -0.148. The van der Waals surface area contributed by atoms with Gasteiger partial charge in [0.25, 0.3) is 0 Å². The zero-order valence-electron chi connectivity index (χ0n) is 10.7. The van der Waals surface area contributed by atoms with E-state index < -0.39 is 0 Å². The van der Waals surface area contributed by atoms with Crippen LogP contribution < -0.4 is 5.32 Å². The van der Waals surface area contributed by atoms with Crippen molar-refractivity contribution in [3.05, 3.63) is 0 Å². The van der Waals surface area contributed by atoms with Gasteiger partial charge >= 0.3 is 0 Å². The zero-order chi connectivity index (χ0) is 12.8. The summed E-state index contributed by atoms with van der Waals surface area (Å²) in [6.45, 7) is 6.07. The van der Waals surface area contributed by atoms with Gasteiger partial charge in [-0.1, -0.05) is 13.3 Å². The Labute approximate surface area is 103 Å². The van der Waals surface area contributed by atoms with Crippen LogP contribution in [0.3, 0.4) is 0 Å². The molecule has 1 fully saturated rings. The zero-order valence-corrected chi connectivity index (χ0v) is 10.7. The summed E-state index contributed by atoms with van der Waals surface area (Å²) in [5.74, 6) is 5.68. The molecule has 1 aliphatic rings. The van der Waals surface area contributed by atoms with Crippen molar-refractivity contribution in [3.63, 3.8) is 0 Å². The van der Waals surface area contributed by atoms with Crippen LogP contribution >= 0.6 is 0 Å². The van der Waals surface area contributed by atoms with Crippen molar-refractivity contribution in [3.8, 4) is 11.8 Å². The molecular weight excluding hydrogens is 216 g/mol. The molecule has 0 spiro atoms. The molecule has 0 radical (unpaired) electrons. The molecule has 0 aromatic heterocycles. The Bertz CT molecular complexity index is 354. The largest absolute Gasteiger partial charge is 0.343 e. The van der Waals surface area contributed by atoms with Crippen LogP contribution in [0.1, 0.15) is 40.0 Å². The highest BCUT2D eigenvalue weighted by Gasteiger charge is 2.36. The average molecular weight is 236 g/mol. The molecule has 4 nitrogen and oxygen atoms in total. The fraction of sp³-hybridized carbons (Fsp3) is 0.692. The summed E-state index contributed by atoms with van der Waals surface area (Å²) in [4.78, 5) is 25.5. The standard InChI is InChI=1S/C13H20N2O2/c1-4-6-7-9-15-10(3)12(16)14-11(8-5-2)13(15)17/h10-11H,5,7-9H2,1-3H3,(H,14,16). The lowest BCUT2D eigenvalue weighted by Crippen LogP contribution is -2.62. The third-order valence-electron chi connectivity index (χ3n) is 2.98. The first-order chi connectivity index (χ1) is 8.11.